The summed E-state index contributed by atoms with van der Waals surface area (Å²) >= 11 is 2.60. The van der Waals surface area contributed by atoms with Crippen LogP contribution in [-0.4, -0.2) is 3.92 Å². The van der Waals surface area contributed by atoms with Crippen LogP contribution in [0, 0.1) is 0 Å². The molecule has 1 aliphatic carbocycles. The number of hydrogen-bond donors (Lipinski definition) is 0. The number of alkyl halides is 1. The highest BCUT2D eigenvalue weighted by Gasteiger charge is 2.18. The molecule has 0 radical (unpaired) electrons. The largest absolute Gasteiger partial charge is 0.0822 e. The summed E-state index contributed by atoms with van der Waals surface area (Å²) in [5, 5.41) is 5.62. The summed E-state index contributed by atoms with van der Waals surface area (Å²) in [5.74, 6) is 0. The molecule has 0 spiro atoms. The molecule has 0 aromatic heterocycles. The van der Waals surface area contributed by atoms with Crippen LogP contribution in [0.1, 0.15) is 17.5 Å². The van der Waals surface area contributed by atoms with Gasteiger partial charge in [-0.05, 0) is 51.9 Å². The van der Waals surface area contributed by atoms with Gasteiger partial charge in [0.2, 0.25) is 0 Å². The summed E-state index contributed by atoms with van der Waals surface area (Å²) in [7, 11) is 0. The second-order valence-corrected chi connectivity index (χ2v) is 7.19. The van der Waals surface area contributed by atoms with E-state index < -0.39 is 0 Å². The van der Waals surface area contributed by atoms with Crippen molar-refractivity contribution in [2.45, 2.75) is 23.2 Å². The van der Waals surface area contributed by atoms with E-state index in [0.717, 1.165) is 3.92 Å². The molecular formula is C18H15I. The molecule has 0 saturated carbocycles. The fourth-order valence-corrected chi connectivity index (χ4v) is 4.06. The van der Waals surface area contributed by atoms with Crippen LogP contribution in [0.25, 0.3) is 21.5 Å². The third-order valence-electron chi connectivity index (χ3n) is 4.29. The Hall–Kier alpha value is -1.09. The van der Waals surface area contributed by atoms with E-state index in [0.29, 0.717) is 0 Å². The minimum absolute atomic E-state index is 0.794. The molecule has 94 valence electrons. The maximum Gasteiger partial charge on any atom is 0.0153 e. The summed E-state index contributed by atoms with van der Waals surface area (Å²) < 4.78 is 0.794. The second kappa shape index (κ2) is 4.48. The van der Waals surface area contributed by atoms with Crippen LogP contribution in [0.15, 0.2) is 48.5 Å². The predicted octanol–water partition coefficient (Wildman–Crippen LogP) is 5.29. The molecule has 3 aromatic rings. The third kappa shape index (κ3) is 1.86. The number of rotatable bonds is 0. The highest BCUT2D eigenvalue weighted by Crippen LogP contribution is 2.34. The maximum absolute atomic E-state index is 2.60. The standard InChI is InChI=1S/C18H15I/c19-14-8-5-13-7-9-16-15-4-2-1-3-12(15)6-10-17(16)18(13)11-14/h1-4,6-7,9-10,14H,5,8,11H2. The van der Waals surface area contributed by atoms with Gasteiger partial charge in [-0.25, -0.2) is 0 Å². The number of hydrogen-bond acceptors (Lipinski definition) is 0. The van der Waals surface area contributed by atoms with Crippen LogP contribution in [0.3, 0.4) is 0 Å². The van der Waals surface area contributed by atoms with E-state index in [1.54, 1.807) is 11.1 Å². The molecule has 0 heterocycles. The lowest BCUT2D eigenvalue weighted by Crippen LogP contribution is -2.13. The first-order valence-electron chi connectivity index (χ1n) is 6.89. The molecule has 1 aliphatic rings. The van der Waals surface area contributed by atoms with Gasteiger partial charge < -0.3 is 0 Å². The zero-order chi connectivity index (χ0) is 12.8. The molecule has 0 nitrogen and oxygen atoms in total. The molecule has 1 atom stereocenters. The van der Waals surface area contributed by atoms with Gasteiger partial charge in [0, 0.05) is 3.92 Å². The fraction of sp³-hybridized carbons (Fsp3) is 0.222. The Morgan fingerprint density at radius 3 is 2.63 bits per heavy atom. The quantitative estimate of drug-likeness (QED) is 0.291. The van der Waals surface area contributed by atoms with Gasteiger partial charge in [0.25, 0.3) is 0 Å². The van der Waals surface area contributed by atoms with Crippen molar-refractivity contribution in [2.75, 3.05) is 0 Å². The third-order valence-corrected chi connectivity index (χ3v) is 5.35. The van der Waals surface area contributed by atoms with E-state index in [9.17, 15) is 0 Å². The summed E-state index contributed by atoms with van der Waals surface area (Å²) in [6.45, 7) is 0. The molecule has 3 aromatic carbocycles. The molecule has 0 N–H and O–H groups in total. The molecule has 0 aliphatic heterocycles. The van der Waals surface area contributed by atoms with Crippen molar-refractivity contribution >= 4 is 44.1 Å². The van der Waals surface area contributed by atoms with Crippen LogP contribution in [0.2, 0.25) is 0 Å². The molecular weight excluding hydrogens is 343 g/mol. The Bertz CT molecular complexity index is 773. The number of benzene rings is 3. The number of halogens is 1. The van der Waals surface area contributed by atoms with E-state index in [-0.39, 0.29) is 0 Å². The SMILES string of the molecule is IC1CCc2ccc3c(ccc4ccccc43)c2C1. The summed E-state index contributed by atoms with van der Waals surface area (Å²) in [5.41, 5.74) is 3.16. The second-order valence-electron chi connectivity index (χ2n) is 5.43. The fourth-order valence-electron chi connectivity index (χ4n) is 3.31. The van der Waals surface area contributed by atoms with Gasteiger partial charge in [0.05, 0.1) is 0 Å². The van der Waals surface area contributed by atoms with Crippen LogP contribution in [0.4, 0.5) is 0 Å². The van der Waals surface area contributed by atoms with Crippen LogP contribution in [0.5, 0.6) is 0 Å². The summed E-state index contributed by atoms with van der Waals surface area (Å²) in [6.07, 6.45) is 3.80. The number of fused-ring (bicyclic) bond motifs is 5. The summed E-state index contributed by atoms with van der Waals surface area (Å²) in [4.78, 5) is 0. The van der Waals surface area contributed by atoms with Gasteiger partial charge in [-0.15, -0.1) is 0 Å². The van der Waals surface area contributed by atoms with Crippen molar-refractivity contribution in [3.8, 4) is 0 Å². The molecule has 4 rings (SSSR count). The van der Waals surface area contributed by atoms with E-state index in [2.05, 4.69) is 71.1 Å². The molecule has 19 heavy (non-hydrogen) atoms. The lowest BCUT2D eigenvalue weighted by Gasteiger charge is -2.22. The monoisotopic (exact) mass is 358 g/mol. The average molecular weight is 358 g/mol. The summed E-state index contributed by atoms with van der Waals surface area (Å²) in [6, 6.07) is 18.0. The smallest absolute Gasteiger partial charge is 0.0153 e. The van der Waals surface area contributed by atoms with Crippen molar-refractivity contribution in [3.05, 3.63) is 59.7 Å². The van der Waals surface area contributed by atoms with Crippen LogP contribution < -0.4 is 0 Å². The molecule has 1 unspecified atom stereocenters. The van der Waals surface area contributed by atoms with Gasteiger partial charge in [0.15, 0.2) is 0 Å². The Labute approximate surface area is 127 Å². The van der Waals surface area contributed by atoms with Crippen molar-refractivity contribution in [3.63, 3.8) is 0 Å². The lowest BCUT2D eigenvalue weighted by atomic mass is 9.86. The van der Waals surface area contributed by atoms with Gasteiger partial charge in [0.1, 0.15) is 0 Å². The maximum atomic E-state index is 2.60. The normalized spacial score (nSPS) is 18.7. The average Bonchev–Trinajstić information content (AvgIpc) is 2.46. The molecule has 1 heteroatoms. The number of aryl methyl sites for hydroxylation is 1. The Morgan fingerprint density at radius 1 is 0.842 bits per heavy atom. The van der Waals surface area contributed by atoms with E-state index in [4.69, 9.17) is 0 Å². The van der Waals surface area contributed by atoms with Crippen LogP contribution in [-0.2, 0) is 12.8 Å². The zero-order valence-corrected chi connectivity index (χ0v) is 12.9. The van der Waals surface area contributed by atoms with Gasteiger partial charge in [-0.2, -0.15) is 0 Å². The first kappa shape index (κ1) is 11.7. The van der Waals surface area contributed by atoms with E-state index >= 15 is 0 Å². The Kier molecular flexibility index (Phi) is 2.76. The van der Waals surface area contributed by atoms with Gasteiger partial charge >= 0.3 is 0 Å². The Balaban J connectivity index is 2.10. The molecule has 0 saturated heterocycles. The predicted molar refractivity (Wildman–Crippen MR) is 91.3 cm³/mol. The van der Waals surface area contributed by atoms with Crippen molar-refractivity contribution in [1.29, 1.82) is 0 Å². The zero-order valence-electron chi connectivity index (χ0n) is 10.7. The molecule has 0 bridgehead atoms. The van der Waals surface area contributed by atoms with Gasteiger partial charge in [-0.1, -0.05) is 71.1 Å². The lowest BCUT2D eigenvalue weighted by molar-refractivity contribution is 0.728. The first-order valence-corrected chi connectivity index (χ1v) is 8.14. The Morgan fingerprint density at radius 2 is 1.68 bits per heavy atom. The van der Waals surface area contributed by atoms with Crippen molar-refractivity contribution in [2.24, 2.45) is 0 Å². The minimum Gasteiger partial charge on any atom is -0.0822 e. The topological polar surface area (TPSA) is 0 Å². The van der Waals surface area contributed by atoms with E-state index in [1.807, 2.05) is 0 Å². The van der Waals surface area contributed by atoms with Crippen LogP contribution >= 0.6 is 22.6 Å². The molecule has 0 amide bonds. The minimum atomic E-state index is 0.794. The van der Waals surface area contributed by atoms with Crippen molar-refractivity contribution < 1.29 is 0 Å². The first-order chi connectivity index (χ1) is 9.33. The van der Waals surface area contributed by atoms with Crippen molar-refractivity contribution in [1.82, 2.24) is 0 Å². The molecule has 0 fully saturated rings. The highest BCUT2D eigenvalue weighted by molar-refractivity contribution is 14.1. The van der Waals surface area contributed by atoms with Gasteiger partial charge in [-0.3, -0.25) is 0 Å². The van der Waals surface area contributed by atoms with E-state index in [1.165, 1.54) is 40.8 Å². The highest BCUT2D eigenvalue weighted by atomic mass is 127.